The molecule has 2 N–H and O–H groups in total. The molecule has 6 heteroatoms. The number of para-hydroxylation sites is 1. The Balaban J connectivity index is 2.12. The average molecular weight is 382 g/mol. The summed E-state index contributed by atoms with van der Waals surface area (Å²) in [5.41, 5.74) is 2.82. The van der Waals surface area contributed by atoms with Crippen molar-refractivity contribution in [2.24, 2.45) is 0 Å². The third-order valence-electron chi connectivity index (χ3n) is 4.56. The number of esters is 1. The Bertz CT molecular complexity index is 923. The number of thiol groups is 1. The highest BCUT2D eigenvalue weighted by atomic mass is 32.1. The first-order chi connectivity index (χ1) is 13.2. The lowest BCUT2D eigenvalue weighted by molar-refractivity contribution is -0.145. The lowest BCUT2D eigenvalue weighted by atomic mass is 9.84. The highest BCUT2D eigenvalue weighted by Gasteiger charge is 2.34. The summed E-state index contributed by atoms with van der Waals surface area (Å²) in [5, 5.41) is 3.85. The van der Waals surface area contributed by atoms with Gasteiger partial charge in [0, 0.05) is 29.4 Å². The van der Waals surface area contributed by atoms with E-state index >= 15 is 0 Å². The van der Waals surface area contributed by atoms with E-state index in [-0.39, 0.29) is 12.3 Å². The zero-order valence-electron chi connectivity index (χ0n) is 15.0. The van der Waals surface area contributed by atoms with Crippen LogP contribution < -0.4 is 5.32 Å². The van der Waals surface area contributed by atoms with Crippen LogP contribution in [-0.4, -0.2) is 35.8 Å². The van der Waals surface area contributed by atoms with E-state index in [1.54, 1.807) is 0 Å². The fourth-order valence-corrected chi connectivity index (χ4v) is 3.52. The molecule has 27 heavy (non-hydrogen) atoms. The maximum absolute atomic E-state index is 12.6. The highest BCUT2D eigenvalue weighted by Crippen LogP contribution is 2.34. The summed E-state index contributed by atoms with van der Waals surface area (Å²) >= 11 is 4.10. The Morgan fingerprint density at radius 2 is 1.81 bits per heavy atom. The number of fused-ring (bicyclic) bond motifs is 1. The summed E-state index contributed by atoms with van der Waals surface area (Å²) < 4.78 is 5.02. The second-order valence-electron chi connectivity index (χ2n) is 6.22. The van der Waals surface area contributed by atoms with Crippen molar-refractivity contribution in [2.45, 2.75) is 18.4 Å². The number of carbonyl (C=O) groups is 2. The number of benzene rings is 2. The standard InChI is InChI=1S/C21H22N2O3S/c1-26-21(25)20(23-18(24)11-12-27)19(14-7-3-2-4-8-14)16-13-22-17-10-6-5-9-15(16)17/h2-10,13,19-20,22,27H,11-12H2,1H3,(H,23,24)/t19?,20-/m0/s1. The largest absolute Gasteiger partial charge is 0.467 e. The molecule has 0 radical (unpaired) electrons. The molecule has 0 aliphatic rings. The van der Waals surface area contributed by atoms with Crippen LogP contribution in [0.3, 0.4) is 0 Å². The van der Waals surface area contributed by atoms with Crippen molar-refractivity contribution < 1.29 is 14.3 Å². The quantitative estimate of drug-likeness (QED) is 0.434. The number of rotatable bonds is 7. The molecule has 2 atom stereocenters. The van der Waals surface area contributed by atoms with Gasteiger partial charge < -0.3 is 15.0 Å². The van der Waals surface area contributed by atoms with Gasteiger partial charge in [-0.3, -0.25) is 4.79 Å². The van der Waals surface area contributed by atoms with Crippen LogP contribution in [0.4, 0.5) is 0 Å². The predicted octanol–water partition coefficient (Wildman–Crippen LogP) is 3.28. The topological polar surface area (TPSA) is 71.2 Å². The van der Waals surface area contributed by atoms with Crippen molar-refractivity contribution in [1.82, 2.24) is 10.3 Å². The van der Waals surface area contributed by atoms with Gasteiger partial charge in [0.25, 0.3) is 0 Å². The van der Waals surface area contributed by atoms with Gasteiger partial charge in [-0.15, -0.1) is 0 Å². The smallest absolute Gasteiger partial charge is 0.329 e. The van der Waals surface area contributed by atoms with Gasteiger partial charge in [0.1, 0.15) is 6.04 Å². The molecule has 0 fully saturated rings. The number of amides is 1. The van der Waals surface area contributed by atoms with Gasteiger partial charge in [0.2, 0.25) is 5.91 Å². The minimum absolute atomic E-state index is 0.228. The second-order valence-corrected chi connectivity index (χ2v) is 6.67. The van der Waals surface area contributed by atoms with E-state index in [4.69, 9.17) is 4.74 Å². The van der Waals surface area contributed by atoms with Crippen molar-refractivity contribution in [2.75, 3.05) is 12.9 Å². The van der Waals surface area contributed by atoms with Crippen LogP contribution >= 0.6 is 12.6 Å². The number of ether oxygens (including phenoxy) is 1. The normalized spacial score (nSPS) is 13.1. The van der Waals surface area contributed by atoms with Gasteiger partial charge in [-0.25, -0.2) is 4.79 Å². The van der Waals surface area contributed by atoms with Crippen molar-refractivity contribution >= 4 is 35.4 Å². The number of nitrogens with one attached hydrogen (secondary N) is 2. The molecule has 0 saturated carbocycles. The lowest BCUT2D eigenvalue weighted by Crippen LogP contribution is -2.46. The van der Waals surface area contributed by atoms with E-state index in [0.717, 1.165) is 22.0 Å². The van der Waals surface area contributed by atoms with E-state index in [0.29, 0.717) is 5.75 Å². The SMILES string of the molecule is COC(=O)[C@@H](NC(=O)CCS)C(c1ccccc1)c1c[nH]c2ccccc12. The molecule has 1 unspecified atom stereocenters. The summed E-state index contributed by atoms with van der Waals surface area (Å²) in [6.07, 6.45) is 2.12. The molecule has 3 rings (SSSR count). The molecule has 0 saturated heterocycles. The Kier molecular flexibility index (Phi) is 6.19. The van der Waals surface area contributed by atoms with Gasteiger partial charge in [0.15, 0.2) is 0 Å². The van der Waals surface area contributed by atoms with Crippen LogP contribution in [0.2, 0.25) is 0 Å². The van der Waals surface area contributed by atoms with Gasteiger partial charge in [0.05, 0.1) is 7.11 Å². The number of methoxy groups -OCH3 is 1. The van der Waals surface area contributed by atoms with E-state index in [9.17, 15) is 9.59 Å². The molecule has 1 amide bonds. The van der Waals surface area contributed by atoms with Crippen molar-refractivity contribution in [3.05, 3.63) is 71.9 Å². The zero-order chi connectivity index (χ0) is 19.2. The monoisotopic (exact) mass is 382 g/mol. The van der Waals surface area contributed by atoms with Crippen LogP contribution in [0.5, 0.6) is 0 Å². The molecule has 0 spiro atoms. The average Bonchev–Trinajstić information content (AvgIpc) is 3.12. The summed E-state index contributed by atoms with van der Waals surface area (Å²) in [5.74, 6) is -0.704. The number of H-pyrrole nitrogens is 1. The number of aromatic nitrogens is 1. The molecule has 5 nitrogen and oxygen atoms in total. The first-order valence-corrected chi connectivity index (χ1v) is 9.38. The number of carbonyl (C=O) groups excluding carboxylic acids is 2. The minimum Gasteiger partial charge on any atom is -0.467 e. The van der Waals surface area contributed by atoms with Crippen LogP contribution in [-0.2, 0) is 14.3 Å². The van der Waals surface area contributed by atoms with Crippen LogP contribution in [0.1, 0.15) is 23.5 Å². The fraction of sp³-hybridized carbons (Fsp3) is 0.238. The van der Waals surface area contributed by atoms with E-state index < -0.39 is 17.9 Å². The molecule has 1 heterocycles. The van der Waals surface area contributed by atoms with E-state index in [2.05, 4.69) is 22.9 Å². The number of hydrogen-bond donors (Lipinski definition) is 3. The molecule has 3 aromatic rings. The Morgan fingerprint density at radius 3 is 2.52 bits per heavy atom. The highest BCUT2D eigenvalue weighted by molar-refractivity contribution is 7.80. The first kappa shape index (κ1) is 19.0. The van der Waals surface area contributed by atoms with Gasteiger partial charge in [-0.1, -0.05) is 48.5 Å². The van der Waals surface area contributed by atoms with Crippen LogP contribution in [0, 0.1) is 0 Å². The maximum atomic E-state index is 12.6. The van der Waals surface area contributed by atoms with Gasteiger partial charge in [-0.05, 0) is 22.9 Å². The Labute approximate surface area is 163 Å². The Hall–Kier alpha value is -2.73. The molecule has 140 valence electrons. The predicted molar refractivity (Wildman–Crippen MR) is 109 cm³/mol. The fourth-order valence-electron chi connectivity index (χ4n) is 3.32. The van der Waals surface area contributed by atoms with E-state index in [1.807, 2.05) is 60.8 Å². The molecular formula is C21H22N2O3S. The molecule has 0 aliphatic carbocycles. The Morgan fingerprint density at radius 1 is 1.11 bits per heavy atom. The van der Waals surface area contributed by atoms with E-state index in [1.165, 1.54) is 7.11 Å². The molecular weight excluding hydrogens is 360 g/mol. The van der Waals surface area contributed by atoms with Crippen molar-refractivity contribution in [1.29, 1.82) is 0 Å². The van der Waals surface area contributed by atoms with Gasteiger partial charge >= 0.3 is 5.97 Å². The summed E-state index contributed by atoms with van der Waals surface area (Å²) in [4.78, 5) is 28.2. The van der Waals surface area contributed by atoms with Crippen LogP contribution in [0.15, 0.2) is 60.8 Å². The third-order valence-corrected chi connectivity index (χ3v) is 4.78. The molecule has 2 aromatic carbocycles. The molecule has 0 bridgehead atoms. The lowest BCUT2D eigenvalue weighted by Gasteiger charge is -2.26. The summed E-state index contributed by atoms with van der Waals surface area (Å²) in [6.45, 7) is 0. The molecule has 0 aliphatic heterocycles. The third kappa shape index (κ3) is 4.17. The maximum Gasteiger partial charge on any atom is 0.329 e. The summed E-state index contributed by atoms with van der Waals surface area (Å²) in [6, 6.07) is 16.7. The van der Waals surface area contributed by atoms with Gasteiger partial charge in [-0.2, -0.15) is 12.6 Å². The first-order valence-electron chi connectivity index (χ1n) is 8.74. The van der Waals surface area contributed by atoms with Crippen molar-refractivity contribution in [3.8, 4) is 0 Å². The zero-order valence-corrected chi connectivity index (χ0v) is 15.9. The van der Waals surface area contributed by atoms with Crippen molar-refractivity contribution in [3.63, 3.8) is 0 Å². The molecule has 1 aromatic heterocycles. The summed E-state index contributed by atoms with van der Waals surface area (Å²) in [7, 11) is 1.33. The van der Waals surface area contributed by atoms with Crippen LogP contribution in [0.25, 0.3) is 10.9 Å². The number of hydrogen-bond acceptors (Lipinski definition) is 4. The minimum atomic E-state index is -0.844. The second kappa shape index (κ2) is 8.77. The number of aromatic amines is 1.